The number of methoxy groups -OCH3 is 2. The molecule has 0 aromatic heterocycles. The fourth-order valence-electron chi connectivity index (χ4n) is 1.26. The Morgan fingerprint density at radius 1 is 1.11 bits per heavy atom. The smallest absolute Gasteiger partial charge is 0.339 e. The summed E-state index contributed by atoms with van der Waals surface area (Å²) in [6.07, 6.45) is 0. The Labute approximate surface area is 103 Å². The summed E-state index contributed by atoms with van der Waals surface area (Å²) in [5, 5.41) is 0. The molecular formula is C10H10O7S. The van der Waals surface area contributed by atoms with Crippen molar-refractivity contribution in [1.29, 1.82) is 0 Å². The van der Waals surface area contributed by atoms with E-state index in [-0.39, 0.29) is 11.1 Å². The SMILES string of the molecule is COC(=O)c1ccc(C(=O)OC)c(S(=O)(=O)O)c1. The van der Waals surface area contributed by atoms with Gasteiger partial charge >= 0.3 is 11.9 Å². The summed E-state index contributed by atoms with van der Waals surface area (Å²) in [4.78, 5) is 21.8. The maximum atomic E-state index is 11.3. The highest BCUT2D eigenvalue weighted by Crippen LogP contribution is 2.19. The molecule has 0 aliphatic heterocycles. The van der Waals surface area contributed by atoms with Crippen molar-refractivity contribution in [3.05, 3.63) is 29.3 Å². The van der Waals surface area contributed by atoms with E-state index in [9.17, 15) is 18.0 Å². The first-order chi connectivity index (χ1) is 8.31. The van der Waals surface area contributed by atoms with Crippen LogP contribution in [-0.4, -0.2) is 39.1 Å². The average molecular weight is 274 g/mol. The van der Waals surface area contributed by atoms with Crippen LogP contribution in [0.25, 0.3) is 0 Å². The lowest BCUT2D eigenvalue weighted by molar-refractivity contribution is 0.0583. The van der Waals surface area contributed by atoms with Crippen LogP contribution in [0.5, 0.6) is 0 Å². The van der Waals surface area contributed by atoms with Crippen LogP contribution in [0.3, 0.4) is 0 Å². The summed E-state index contributed by atoms with van der Waals surface area (Å²) < 4.78 is 40.0. The molecule has 0 saturated carbocycles. The van der Waals surface area contributed by atoms with Gasteiger partial charge in [-0.2, -0.15) is 8.42 Å². The first-order valence-electron chi connectivity index (χ1n) is 4.59. The van der Waals surface area contributed by atoms with Crippen LogP contribution >= 0.6 is 0 Å². The van der Waals surface area contributed by atoms with Gasteiger partial charge in [0.2, 0.25) is 0 Å². The monoisotopic (exact) mass is 274 g/mol. The molecule has 0 saturated heterocycles. The Kier molecular flexibility index (Phi) is 4.04. The Bertz CT molecular complexity index is 588. The maximum absolute atomic E-state index is 11.3. The molecule has 0 spiro atoms. The van der Waals surface area contributed by atoms with Crippen LogP contribution in [-0.2, 0) is 19.6 Å². The van der Waals surface area contributed by atoms with E-state index in [2.05, 4.69) is 9.47 Å². The third-order valence-electron chi connectivity index (χ3n) is 2.09. The zero-order chi connectivity index (χ0) is 13.9. The van der Waals surface area contributed by atoms with Gasteiger partial charge in [0.1, 0.15) is 4.90 Å². The molecule has 0 unspecified atom stereocenters. The van der Waals surface area contributed by atoms with E-state index in [4.69, 9.17) is 4.55 Å². The minimum atomic E-state index is -4.66. The molecule has 18 heavy (non-hydrogen) atoms. The third kappa shape index (κ3) is 2.84. The van der Waals surface area contributed by atoms with E-state index in [1.165, 1.54) is 6.07 Å². The quantitative estimate of drug-likeness (QED) is 0.631. The molecule has 0 amide bonds. The van der Waals surface area contributed by atoms with Crippen molar-refractivity contribution in [3.8, 4) is 0 Å². The normalized spacial score (nSPS) is 10.8. The van der Waals surface area contributed by atoms with Crippen molar-refractivity contribution in [1.82, 2.24) is 0 Å². The largest absolute Gasteiger partial charge is 0.465 e. The molecule has 7 nitrogen and oxygen atoms in total. The summed E-state index contributed by atoms with van der Waals surface area (Å²) in [5.41, 5.74) is -0.481. The summed E-state index contributed by atoms with van der Waals surface area (Å²) >= 11 is 0. The number of rotatable bonds is 3. The van der Waals surface area contributed by atoms with Crippen molar-refractivity contribution in [2.45, 2.75) is 4.90 Å². The Morgan fingerprint density at radius 3 is 2.11 bits per heavy atom. The summed E-state index contributed by atoms with van der Waals surface area (Å²) in [6.45, 7) is 0. The van der Waals surface area contributed by atoms with Crippen LogP contribution in [0.2, 0.25) is 0 Å². The van der Waals surface area contributed by atoms with Crippen molar-refractivity contribution in [2.24, 2.45) is 0 Å². The molecule has 0 aliphatic carbocycles. The third-order valence-corrected chi connectivity index (χ3v) is 2.98. The number of benzene rings is 1. The highest BCUT2D eigenvalue weighted by atomic mass is 32.2. The van der Waals surface area contributed by atoms with Crippen LogP contribution in [0.4, 0.5) is 0 Å². The minimum absolute atomic E-state index is 0.113. The van der Waals surface area contributed by atoms with E-state index in [0.717, 1.165) is 26.4 Å². The minimum Gasteiger partial charge on any atom is -0.465 e. The molecule has 0 fully saturated rings. The van der Waals surface area contributed by atoms with Gasteiger partial charge in [-0.3, -0.25) is 4.55 Å². The van der Waals surface area contributed by atoms with Gasteiger partial charge in [-0.05, 0) is 18.2 Å². The topological polar surface area (TPSA) is 107 Å². The molecule has 0 bridgehead atoms. The van der Waals surface area contributed by atoms with Crippen LogP contribution in [0, 0.1) is 0 Å². The maximum Gasteiger partial charge on any atom is 0.339 e. The predicted molar refractivity (Wildman–Crippen MR) is 58.9 cm³/mol. The zero-order valence-corrected chi connectivity index (χ0v) is 10.4. The van der Waals surface area contributed by atoms with Crippen molar-refractivity contribution in [3.63, 3.8) is 0 Å². The van der Waals surface area contributed by atoms with E-state index >= 15 is 0 Å². The van der Waals surface area contributed by atoms with Gasteiger partial charge in [-0.15, -0.1) is 0 Å². The van der Waals surface area contributed by atoms with Gasteiger partial charge in [-0.25, -0.2) is 9.59 Å². The molecule has 0 radical (unpaired) electrons. The van der Waals surface area contributed by atoms with Gasteiger partial charge in [0.15, 0.2) is 0 Å². The predicted octanol–water partition coefficient (Wildman–Crippen LogP) is 0.506. The fourth-order valence-corrected chi connectivity index (χ4v) is 1.96. The molecule has 1 aromatic carbocycles. The second-order valence-corrected chi connectivity index (χ2v) is 4.56. The van der Waals surface area contributed by atoms with Crippen LogP contribution in [0.1, 0.15) is 20.7 Å². The molecular weight excluding hydrogens is 264 g/mol. The molecule has 0 heterocycles. The van der Waals surface area contributed by atoms with E-state index in [1.54, 1.807) is 0 Å². The second-order valence-electron chi connectivity index (χ2n) is 3.17. The average Bonchev–Trinajstić information content (AvgIpc) is 2.35. The number of esters is 2. The zero-order valence-electron chi connectivity index (χ0n) is 9.54. The first kappa shape index (κ1) is 14.1. The van der Waals surface area contributed by atoms with Gasteiger partial charge in [0, 0.05) is 0 Å². The lowest BCUT2D eigenvalue weighted by Crippen LogP contribution is -2.12. The fraction of sp³-hybridized carbons (Fsp3) is 0.200. The highest BCUT2D eigenvalue weighted by molar-refractivity contribution is 7.86. The Hall–Kier alpha value is -1.93. The number of hydrogen-bond donors (Lipinski definition) is 1. The molecule has 0 atom stereocenters. The lowest BCUT2D eigenvalue weighted by Gasteiger charge is -2.07. The molecule has 98 valence electrons. The molecule has 1 N–H and O–H groups in total. The van der Waals surface area contributed by atoms with Gasteiger partial charge in [-0.1, -0.05) is 0 Å². The highest BCUT2D eigenvalue weighted by Gasteiger charge is 2.23. The van der Waals surface area contributed by atoms with Crippen molar-refractivity contribution < 1.29 is 32.0 Å². The second kappa shape index (κ2) is 5.15. The summed E-state index contributed by atoms with van der Waals surface area (Å²) in [7, 11) is -2.49. The number of carbonyl (C=O) groups excluding carboxylic acids is 2. The first-order valence-corrected chi connectivity index (χ1v) is 6.03. The van der Waals surface area contributed by atoms with Crippen LogP contribution < -0.4 is 0 Å². The standard InChI is InChI=1S/C10H10O7S/c1-16-9(11)6-3-4-7(10(12)17-2)8(5-6)18(13,14)15/h3-5H,1-2H3,(H,13,14,15). The summed E-state index contributed by atoms with van der Waals surface area (Å²) in [6, 6.07) is 3.08. The van der Waals surface area contributed by atoms with E-state index in [0.29, 0.717) is 0 Å². The number of ether oxygens (including phenoxy) is 2. The van der Waals surface area contributed by atoms with Crippen molar-refractivity contribution in [2.75, 3.05) is 14.2 Å². The van der Waals surface area contributed by atoms with Gasteiger partial charge in [0.05, 0.1) is 25.3 Å². The van der Waals surface area contributed by atoms with E-state index < -0.39 is 27.0 Å². The number of hydrogen-bond acceptors (Lipinski definition) is 6. The van der Waals surface area contributed by atoms with Crippen LogP contribution in [0.15, 0.2) is 23.1 Å². The van der Waals surface area contributed by atoms with E-state index in [1.807, 2.05) is 0 Å². The molecule has 1 aromatic rings. The Balaban J connectivity index is 3.49. The number of carbonyl (C=O) groups is 2. The van der Waals surface area contributed by atoms with Crippen molar-refractivity contribution >= 4 is 22.1 Å². The Morgan fingerprint density at radius 2 is 1.67 bits per heavy atom. The molecule has 1 rings (SSSR count). The van der Waals surface area contributed by atoms with Gasteiger partial charge in [0.25, 0.3) is 10.1 Å². The lowest BCUT2D eigenvalue weighted by atomic mass is 10.1. The molecule has 0 aliphatic rings. The molecule has 8 heteroatoms. The van der Waals surface area contributed by atoms with Gasteiger partial charge < -0.3 is 9.47 Å². The summed E-state index contributed by atoms with van der Waals surface area (Å²) in [5.74, 6) is -1.74.